The highest BCUT2D eigenvalue weighted by Crippen LogP contribution is 2.36. The molecule has 0 aliphatic heterocycles. The average Bonchev–Trinajstić information content (AvgIpc) is 2.62. The fourth-order valence-corrected chi connectivity index (χ4v) is 6.78. The predicted octanol–water partition coefficient (Wildman–Crippen LogP) is 3.45. The van der Waals surface area contributed by atoms with E-state index in [9.17, 15) is 24.6 Å². The van der Waals surface area contributed by atoms with Crippen LogP contribution in [-0.2, 0) is 11.2 Å². The number of carboxylic acid groups (broad SMARTS) is 1. The zero-order valence-corrected chi connectivity index (χ0v) is 20.9. The van der Waals surface area contributed by atoms with Crippen molar-refractivity contribution in [3.63, 3.8) is 0 Å². The second-order valence-corrected chi connectivity index (χ2v) is 8.95. The molecule has 1 unspecified atom stereocenters. The summed E-state index contributed by atoms with van der Waals surface area (Å²) < 4.78 is 1.44. The van der Waals surface area contributed by atoms with Crippen LogP contribution in [0.2, 0.25) is 0 Å². The third-order valence-electron chi connectivity index (χ3n) is 3.66. The van der Waals surface area contributed by atoms with E-state index >= 15 is 0 Å². The van der Waals surface area contributed by atoms with Crippen LogP contribution in [0.1, 0.15) is 33.2 Å². The van der Waals surface area contributed by atoms with Crippen LogP contribution in [0.25, 0.3) is 0 Å². The van der Waals surface area contributed by atoms with E-state index in [1.165, 1.54) is 6.92 Å². The van der Waals surface area contributed by atoms with Gasteiger partial charge >= 0.3 is 5.97 Å². The lowest BCUT2D eigenvalue weighted by atomic mass is 10.0. The van der Waals surface area contributed by atoms with Gasteiger partial charge < -0.3 is 20.8 Å². The van der Waals surface area contributed by atoms with Gasteiger partial charge in [0.1, 0.15) is 6.23 Å². The van der Waals surface area contributed by atoms with Crippen LogP contribution >= 0.6 is 67.8 Å². The first kappa shape index (κ1) is 23.3. The second kappa shape index (κ2) is 10.2. The molecule has 0 bridgehead atoms. The zero-order chi connectivity index (χ0) is 21.0. The molecule has 0 spiro atoms. The molecule has 0 aromatic heterocycles. The summed E-state index contributed by atoms with van der Waals surface area (Å²) in [4.78, 5) is 35.6. The molecule has 0 saturated carbocycles. The number of aliphatic hydroxyl groups is 1. The number of nitrogens with one attached hydrogen (secondary N) is 2. The van der Waals surface area contributed by atoms with Crippen molar-refractivity contribution in [1.82, 2.24) is 5.32 Å². The van der Waals surface area contributed by atoms with E-state index in [0.29, 0.717) is 27.5 Å². The number of anilines is 1. The van der Waals surface area contributed by atoms with Crippen LogP contribution in [0.5, 0.6) is 0 Å². The molecule has 0 aliphatic rings. The standard InChI is InChI=1S/C18H15I3N2O5/c1-8(24)22-11(25)7-10-13(19)12(18(27)28)15(21)16(14(10)20)23-17(26)9-5-3-2-4-6-9/h2-6,11,25H,7H2,1H3,(H,22,24)(H,23,26)(H,27,28). The summed E-state index contributed by atoms with van der Waals surface area (Å²) in [5.41, 5.74) is 1.36. The first-order chi connectivity index (χ1) is 13.1. The number of carbonyl (C=O) groups is 3. The van der Waals surface area contributed by atoms with Crippen LogP contribution in [-0.4, -0.2) is 34.2 Å². The van der Waals surface area contributed by atoms with Crippen molar-refractivity contribution in [3.05, 3.63) is 57.7 Å². The Morgan fingerprint density at radius 3 is 2.18 bits per heavy atom. The predicted molar refractivity (Wildman–Crippen MR) is 129 cm³/mol. The van der Waals surface area contributed by atoms with E-state index in [0.717, 1.165) is 0 Å². The average molecular weight is 720 g/mol. The minimum Gasteiger partial charge on any atom is -0.478 e. The number of hydrogen-bond donors (Lipinski definition) is 4. The Kier molecular flexibility index (Phi) is 8.44. The Bertz CT molecular complexity index is 935. The van der Waals surface area contributed by atoms with E-state index in [4.69, 9.17) is 0 Å². The highest BCUT2D eigenvalue weighted by Gasteiger charge is 2.26. The largest absolute Gasteiger partial charge is 0.478 e. The third kappa shape index (κ3) is 5.54. The first-order valence-electron chi connectivity index (χ1n) is 7.87. The first-order valence-corrected chi connectivity index (χ1v) is 11.1. The van der Waals surface area contributed by atoms with Crippen molar-refractivity contribution in [3.8, 4) is 0 Å². The molecule has 0 heterocycles. The molecule has 1 atom stereocenters. The van der Waals surface area contributed by atoms with Gasteiger partial charge in [-0.05, 0) is 85.5 Å². The van der Waals surface area contributed by atoms with Crippen LogP contribution in [0.4, 0.5) is 5.69 Å². The van der Waals surface area contributed by atoms with Gasteiger partial charge in [0.15, 0.2) is 0 Å². The lowest BCUT2D eigenvalue weighted by molar-refractivity contribution is -0.121. The molecule has 28 heavy (non-hydrogen) atoms. The molecule has 10 heteroatoms. The van der Waals surface area contributed by atoms with E-state index in [2.05, 4.69) is 10.6 Å². The van der Waals surface area contributed by atoms with E-state index < -0.39 is 18.1 Å². The summed E-state index contributed by atoms with van der Waals surface area (Å²) in [5, 5.41) is 24.9. The van der Waals surface area contributed by atoms with Gasteiger partial charge in [0.05, 0.1) is 14.8 Å². The lowest BCUT2D eigenvalue weighted by Gasteiger charge is -2.20. The fraction of sp³-hybridized carbons (Fsp3) is 0.167. The molecule has 2 aromatic rings. The molecule has 7 nitrogen and oxygen atoms in total. The van der Waals surface area contributed by atoms with Gasteiger partial charge in [-0.15, -0.1) is 0 Å². The maximum Gasteiger partial charge on any atom is 0.337 e. The molecular formula is C18H15I3N2O5. The number of amides is 2. The van der Waals surface area contributed by atoms with Gasteiger partial charge in [-0.1, -0.05) is 18.2 Å². The van der Waals surface area contributed by atoms with Crippen molar-refractivity contribution in [2.45, 2.75) is 19.6 Å². The van der Waals surface area contributed by atoms with E-state index in [-0.39, 0.29) is 17.9 Å². The fourth-order valence-electron chi connectivity index (χ4n) is 2.45. The van der Waals surface area contributed by atoms with Gasteiger partial charge in [0.25, 0.3) is 5.91 Å². The lowest BCUT2D eigenvalue weighted by Crippen LogP contribution is -2.35. The van der Waals surface area contributed by atoms with Gasteiger partial charge in [-0.2, -0.15) is 0 Å². The highest BCUT2D eigenvalue weighted by molar-refractivity contribution is 14.1. The Morgan fingerprint density at radius 1 is 1.04 bits per heavy atom. The Hall–Kier alpha value is -1.000. The molecule has 2 aromatic carbocycles. The van der Waals surface area contributed by atoms with Crippen molar-refractivity contribution < 1.29 is 24.6 Å². The molecule has 0 aliphatic carbocycles. The number of carbonyl (C=O) groups excluding carboxylic acids is 2. The summed E-state index contributed by atoms with van der Waals surface area (Å²) in [6.45, 7) is 1.28. The quantitative estimate of drug-likeness (QED) is 0.270. The molecule has 2 amide bonds. The normalized spacial score (nSPS) is 11.6. The SMILES string of the molecule is CC(=O)NC(O)Cc1c(I)c(NC(=O)c2ccccc2)c(I)c(C(=O)O)c1I. The monoisotopic (exact) mass is 720 g/mol. The van der Waals surface area contributed by atoms with Crippen LogP contribution in [0, 0.1) is 10.7 Å². The van der Waals surface area contributed by atoms with Crippen LogP contribution < -0.4 is 10.6 Å². The molecule has 0 fully saturated rings. The number of carboxylic acids is 1. The summed E-state index contributed by atoms with van der Waals surface area (Å²) in [5.74, 6) is -1.92. The number of aliphatic hydroxyl groups excluding tert-OH is 1. The van der Waals surface area contributed by atoms with Crippen molar-refractivity contribution in [1.29, 1.82) is 0 Å². The van der Waals surface area contributed by atoms with Gasteiger partial charge in [-0.3, -0.25) is 9.59 Å². The van der Waals surface area contributed by atoms with E-state index in [1.807, 2.05) is 67.8 Å². The minimum absolute atomic E-state index is 0.00152. The van der Waals surface area contributed by atoms with Crippen molar-refractivity contribution in [2.24, 2.45) is 0 Å². The Balaban J connectivity index is 2.53. The summed E-state index contributed by atoms with van der Waals surface area (Å²) in [6.07, 6.45) is -1.18. The third-order valence-corrected chi connectivity index (χ3v) is 7.12. The molecule has 2 rings (SSSR count). The van der Waals surface area contributed by atoms with Gasteiger partial charge in [0.2, 0.25) is 5.91 Å². The number of hydrogen-bond acceptors (Lipinski definition) is 4. The van der Waals surface area contributed by atoms with Crippen molar-refractivity contribution >= 4 is 91.2 Å². The number of benzene rings is 2. The topological polar surface area (TPSA) is 116 Å². The summed E-state index contributed by atoms with van der Waals surface area (Å²) >= 11 is 5.81. The van der Waals surface area contributed by atoms with Crippen LogP contribution in [0.3, 0.4) is 0 Å². The molecular weight excluding hydrogens is 705 g/mol. The Labute approximate surface area is 202 Å². The number of halogens is 3. The number of aromatic carboxylic acids is 1. The second-order valence-electron chi connectivity index (χ2n) is 5.72. The summed E-state index contributed by atoms with van der Waals surface area (Å²) in [7, 11) is 0. The van der Waals surface area contributed by atoms with Gasteiger partial charge in [0, 0.05) is 26.0 Å². The number of rotatable bonds is 6. The van der Waals surface area contributed by atoms with Crippen LogP contribution in [0.15, 0.2) is 30.3 Å². The summed E-state index contributed by atoms with van der Waals surface area (Å²) in [6, 6.07) is 8.56. The molecule has 0 saturated heterocycles. The molecule has 0 radical (unpaired) electrons. The Morgan fingerprint density at radius 2 is 1.64 bits per heavy atom. The maximum atomic E-state index is 12.6. The maximum absolute atomic E-state index is 12.6. The van der Waals surface area contributed by atoms with Gasteiger partial charge in [-0.25, -0.2) is 4.79 Å². The minimum atomic E-state index is -1.18. The van der Waals surface area contributed by atoms with Crippen molar-refractivity contribution in [2.75, 3.05) is 5.32 Å². The highest BCUT2D eigenvalue weighted by atomic mass is 127. The molecule has 4 N–H and O–H groups in total. The molecule has 148 valence electrons. The zero-order valence-electron chi connectivity index (χ0n) is 14.4. The smallest absolute Gasteiger partial charge is 0.337 e. The van der Waals surface area contributed by atoms with E-state index in [1.54, 1.807) is 30.3 Å².